The van der Waals surface area contributed by atoms with Crippen molar-refractivity contribution in [2.75, 3.05) is 10.8 Å². The minimum Gasteiger partial charge on any atom is -0.352 e. The van der Waals surface area contributed by atoms with Crippen molar-refractivity contribution in [3.05, 3.63) is 92.9 Å². The highest BCUT2D eigenvalue weighted by Crippen LogP contribution is 2.33. The van der Waals surface area contributed by atoms with Crippen molar-refractivity contribution in [3.63, 3.8) is 0 Å². The molecule has 0 heterocycles. The second-order valence-corrected chi connectivity index (χ2v) is 12.8. The number of nitrogens with one attached hydrogen (secondary N) is 1. The van der Waals surface area contributed by atoms with Crippen LogP contribution in [0, 0.1) is 6.92 Å². The lowest BCUT2D eigenvalue weighted by atomic mass is 10.1. The predicted octanol–water partition coefficient (Wildman–Crippen LogP) is 6.48. The molecular formula is C29H32Cl3N3O4S. The van der Waals surface area contributed by atoms with Crippen molar-refractivity contribution in [2.24, 2.45) is 0 Å². The number of aryl methyl sites for hydroxylation is 1. The van der Waals surface area contributed by atoms with E-state index in [0.29, 0.717) is 11.4 Å². The van der Waals surface area contributed by atoms with Crippen molar-refractivity contribution in [1.29, 1.82) is 0 Å². The van der Waals surface area contributed by atoms with Gasteiger partial charge in [0.2, 0.25) is 11.8 Å². The normalized spacial score (nSPS) is 12.2. The van der Waals surface area contributed by atoms with Gasteiger partial charge in [0.05, 0.1) is 15.6 Å². The molecular weight excluding hydrogens is 593 g/mol. The van der Waals surface area contributed by atoms with Crippen LogP contribution >= 0.6 is 34.8 Å². The number of amides is 2. The minimum absolute atomic E-state index is 0.0178. The van der Waals surface area contributed by atoms with Gasteiger partial charge >= 0.3 is 0 Å². The molecule has 0 aromatic heterocycles. The molecule has 2 amide bonds. The van der Waals surface area contributed by atoms with Crippen LogP contribution in [0.1, 0.15) is 38.3 Å². The summed E-state index contributed by atoms with van der Waals surface area (Å²) >= 11 is 18.7. The molecule has 0 aliphatic carbocycles. The van der Waals surface area contributed by atoms with Crippen LogP contribution < -0.4 is 9.62 Å². The first-order chi connectivity index (χ1) is 18.8. The number of nitrogens with zero attached hydrogens (tertiary/aromatic N) is 2. The molecule has 3 rings (SSSR count). The fraction of sp³-hybridized carbons (Fsp3) is 0.310. The third kappa shape index (κ3) is 7.91. The summed E-state index contributed by atoms with van der Waals surface area (Å²) in [5, 5.41) is 3.73. The van der Waals surface area contributed by atoms with Crippen LogP contribution in [0.2, 0.25) is 15.1 Å². The lowest BCUT2D eigenvalue weighted by molar-refractivity contribution is -0.140. The molecule has 1 atom stereocenters. The van der Waals surface area contributed by atoms with Gasteiger partial charge in [0.15, 0.2) is 0 Å². The first-order valence-electron chi connectivity index (χ1n) is 12.7. The number of benzene rings is 3. The van der Waals surface area contributed by atoms with E-state index in [1.54, 1.807) is 43.3 Å². The van der Waals surface area contributed by atoms with Gasteiger partial charge in [0, 0.05) is 22.6 Å². The highest BCUT2D eigenvalue weighted by atomic mass is 35.5. The monoisotopic (exact) mass is 623 g/mol. The molecule has 3 aromatic carbocycles. The molecule has 0 aliphatic heterocycles. The Kier molecular flexibility index (Phi) is 10.9. The highest BCUT2D eigenvalue weighted by molar-refractivity contribution is 7.92. The topological polar surface area (TPSA) is 86.8 Å². The molecule has 0 saturated carbocycles. The number of anilines is 1. The van der Waals surface area contributed by atoms with E-state index in [4.69, 9.17) is 34.8 Å². The zero-order chi connectivity index (χ0) is 29.6. The summed E-state index contributed by atoms with van der Waals surface area (Å²) in [7, 11) is -4.26. The Morgan fingerprint density at radius 3 is 2.08 bits per heavy atom. The summed E-state index contributed by atoms with van der Waals surface area (Å²) in [5.74, 6) is -0.930. The second kappa shape index (κ2) is 13.7. The van der Waals surface area contributed by atoms with E-state index in [1.165, 1.54) is 35.2 Å². The highest BCUT2D eigenvalue weighted by Gasteiger charge is 2.34. The van der Waals surface area contributed by atoms with E-state index in [-0.39, 0.29) is 39.1 Å². The van der Waals surface area contributed by atoms with Gasteiger partial charge in [0.25, 0.3) is 10.0 Å². The molecule has 40 heavy (non-hydrogen) atoms. The number of sulfonamides is 1. The molecule has 0 bridgehead atoms. The number of hydrogen-bond donors (Lipinski definition) is 1. The average molecular weight is 625 g/mol. The van der Waals surface area contributed by atoms with Gasteiger partial charge < -0.3 is 10.2 Å². The number of carbonyl (C=O) groups excluding carboxylic acids is 2. The quantitative estimate of drug-likeness (QED) is 0.265. The van der Waals surface area contributed by atoms with Crippen LogP contribution in [0.15, 0.2) is 71.6 Å². The van der Waals surface area contributed by atoms with Crippen molar-refractivity contribution in [3.8, 4) is 0 Å². The maximum atomic E-state index is 14.1. The molecule has 0 saturated heterocycles. The van der Waals surface area contributed by atoms with Crippen LogP contribution in [0.3, 0.4) is 0 Å². The van der Waals surface area contributed by atoms with E-state index in [2.05, 4.69) is 5.32 Å². The van der Waals surface area contributed by atoms with Gasteiger partial charge in [-0.15, -0.1) is 0 Å². The molecule has 214 valence electrons. The Bertz CT molecular complexity index is 1450. The second-order valence-electron chi connectivity index (χ2n) is 9.66. The summed E-state index contributed by atoms with van der Waals surface area (Å²) in [6.07, 6.45) is 0.306. The molecule has 3 aromatic rings. The van der Waals surface area contributed by atoms with Gasteiger partial charge in [-0.1, -0.05) is 71.6 Å². The first kappa shape index (κ1) is 31.7. The average Bonchev–Trinajstić information content (AvgIpc) is 2.89. The molecule has 11 heteroatoms. The van der Waals surface area contributed by atoms with E-state index < -0.39 is 28.5 Å². The number of rotatable bonds is 11. The third-order valence-electron chi connectivity index (χ3n) is 6.15. The summed E-state index contributed by atoms with van der Waals surface area (Å²) in [6.45, 7) is 6.73. The third-order valence-corrected chi connectivity index (χ3v) is 8.73. The Morgan fingerprint density at radius 1 is 0.900 bits per heavy atom. The van der Waals surface area contributed by atoms with Crippen molar-refractivity contribution in [2.45, 2.75) is 57.6 Å². The summed E-state index contributed by atoms with van der Waals surface area (Å²) in [4.78, 5) is 28.6. The maximum absolute atomic E-state index is 14.1. The Labute approximate surface area is 251 Å². The van der Waals surface area contributed by atoms with Gasteiger partial charge in [-0.05, 0) is 75.2 Å². The minimum atomic E-state index is -4.26. The SMILES string of the molecule is CCC(C(=O)NC(C)C)N(Cc1ccc(Cl)cc1)C(=O)CN(c1cc(Cl)ccc1Cl)S(=O)(=O)c1ccc(C)cc1. The first-order valence-corrected chi connectivity index (χ1v) is 15.3. The lowest BCUT2D eigenvalue weighted by Gasteiger charge is -2.33. The van der Waals surface area contributed by atoms with Crippen molar-refractivity contribution < 1.29 is 18.0 Å². The predicted molar refractivity (Wildman–Crippen MR) is 162 cm³/mol. The molecule has 0 aliphatic rings. The number of hydrogen-bond acceptors (Lipinski definition) is 4. The van der Waals surface area contributed by atoms with Crippen LogP contribution in [-0.4, -0.2) is 43.8 Å². The van der Waals surface area contributed by atoms with Crippen LogP contribution in [0.4, 0.5) is 5.69 Å². The smallest absolute Gasteiger partial charge is 0.264 e. The van der Waals surface area contributed by atoms with Gasteiger partial charge in [0.1, 0.15) is 12.6 Å². The maximum Gasteiger partial charge on any atom is 0.264 e. The largest absolute Gasteiger partial charge is 0.352 e. The van der Waals surface area contributed by atoms with Gasteiger partial charge in [-0.25, -0.2) is 8.42 Å². The fourth-order valence-corrected chi connectivity index (χ4v) is 6.10. The van der Waals surface area contributed by atoms with E-state index in [1.807, 2.05) is 20.8 Å². The van der Waals surface area contributed by atoms with E-state index in [0.717, 1.165) is 15.4 Å². The Morgan fingerprint density at radius 2 is 1.50 bits per heavy atom. The number of carbonyl (C=O) groups is 2. The van der Waals surface area contributed by atoms with Crippen molar-refractivity contribution >= 4 is 62.3 Å². The van der Waals surface area contributed by atoms with Crippen LogP contribution in [-0.2, 0) is 26.2 Å². The van der Waals surface area contributed by atoms with E-state index >= 15 is 0 Å². The molecule has 0 spiro atoms. The zero-order valence-electron chi connectivity index (χ0n) is 22.7. The number of halogens is 3. The molecule has 0 fully saturated rings. The molecule has 1 N–H and O–H groups in total. The summed E-state index contributed by atoms with van der Waals surface area (Å²) in [5.41, 5.74) is 1.65. The van der Waals surface area contributed by atoms with Gasteiger partial charge in [-0.3, -0.25) is 13.9 Å². The summed E-state index contributed by atoms with van der Waals surface area (Å²) < 4.78 is 28.8. The van der Waals surface area contributed by atoms with Crippen molar-refractivity contribution in [1.82, 2.24) is 10.2 Å². The zero-order valence-corrected chi connectivity index (χ0v) is 25.8. The molecule has 7 nitrogen and oxygen atoms in total. The van der Waals surface area contributed by atoms with E-state index in [9.17, 15) is 18.0 Å². The Hall–Kier alpha value is -2.78. The summed E-state index contributed by atoms with van der Waals surface area (Å²) in [6, 6.07) is 16.5. The lowest BCUT2D eigenvalue weighted by Crippen LogP contribution is -2.53. The Balaban J connectivity index is 2.10. The standard InChI is InChI=1S/C29H32Cl3N3O4S/c1-5-26(29(37)33-19(2)3)34(17-21-8-10-22(30)11-9-21)28(36)18-35(27-16-23(31)12-15-25(27)32)40(38,39)24-13-6-20(4)7-14-24/h6-16,19,26H,5,17-18H2,1-4H3,(H,33,37). The fourth-order valence-electron chi connectivity index (χ4n) is 4.11. The van der Waals surface area contributed by atoms with Crippen LogP contribution in [0.25, 0.3) is 0 Å². The molecule has 1 unspecified atom stereocenters. The molecule has 0 radical (unpaired) electrons. The van der Waals surface area contributed by atoms with Crippen LogP contribution in [0.5, 0.6) is 0 Å². The van der Waals surface area contributed by atoms with Gasteiger partial charge in [-0.2, -0.15) is 0 Å².